The van der Waals surface area contributed by atoms with Crippen LogP contribution in [0.4, 0.5) is 0 Å². The van der Waals surface area contributed by atoms with Crippen molar-refractivity contribution in [2.45, 2.75) is 26.2 Å². The van der Waals surface area contributed by atoms with E-state index in [1.807, 2.05) is 30.4 Å². The summed E-state index contributed by atoms with van der Waals surface area (Å²) >= 11 is 0. The average molecular weight is 184 g/mol. The van der Waals surface area contributed by atoms with E-state index in [1.54, 1.807) is 0 Å². The lowest BCUT2D eigenvalue weighted by atomic mass is 10.2. The Morgan fingerprint density at radius 1 is 1.21 bits per heavy atom. The van der Waals surface area contributed by atoms with Crippen molar-refractivity contribution in [2.75, 3.05) is 0 Å². The predicted molar refractivity (Wildman–Crippen MR) is 62.8 cm³/mol. The van der Waals surface area contributed by atoms with Crippen LogP contribution in [0.3, 0.4) is 0 Å². The van der Waals surface area contributed by atoms with Crippen molar-refractivity contribution in [3.63, 3.8) is 0 Å². The lowest BCUT2D eigenvalue weighted by molar-refractivity contribution is 0.828. The van der Waals surface area contributed by atoms with Crippen LogP contribution in [0, 0.1) is 11.8 Å². The van der Waals surface area contributed by atoms with Crippen LogP contribution in [-0.4, -0.2) is 0 Å². The third-order valence-electron chi connectivity index (χ3n) is 1.92. The summed E-state index contributed by atoms with van der Waals surface area (Å²) in [4.78, 5) is 0. The first-order chi connectivity index (χ1) is 6.93. The fourth-order valence-corrected chi connectivity index (χ4v) is 1.10. The minimum atomic E-state index is 1.01. The Hall–Kier alpha value is -1.48. The van der Waals surface area contributed by atoms with Gasteiger partial charge in [-0.05, 0) is 24.1 Å². The highest BCUT2D eigenvalue weighted by molar-refractivity contribution is 5.52. The molecule has 0 aromatic heterocycles. The molecule has 0 atom stereocenters. The standard InChI is InChI=1S/C14H16/c1-2-3-4-5-6-8-11-14-12-9-7-10-13-14/h7-13H,2-4H2,1H3/b11-8+. The Morgan fingerprint density at radius 3 is 2.71 bits per heavy atom. The van der Waals surface area contributed by atoms with E-state index in [0.29, 0.717) is 0 Å². The molecule has 1 aromatic carbocycles. The fourth-order valence-electron chi connectivity index (χ4n) is 1.10. The minimum Gasteiger partial charge on any atom is -0.0985 e. The molecule has 0 N–H and O–H groups in total. The molecule has 0 saturated carbocycles. The van der Waals surface area contributed by atoms with E-state index in [4.69, 9.17) is 0 Å². The lowest BCUT2D eigenvalue weighted by Crippen LogP contribution is -1.68. The van der Waals surface area contributed by atoms with Crippen LogP contribution in [0.15, 0.2) is 36.4 Å². The van der Waals surface area contributed by atoms with Gasteiger partial charge in [-0.25, -0.2) is 0 Å². The SMILES string of the molecule is CCCCC#C/C=C/c1ccccc1. The zero-order valence-corrected chi connectivity index (χ0v) is 8.66. The first-order valence-corrected chi connectivity index (χ1v) is 5.13. The highest BCUT2D eigenvalue weighted by Crippen LogP contribution is 2.00. The van der Waals surface area contributed by atoms with Gasteiger partial charge in [0.15, 0.2) is 0 Å². The van der Waals surface area contributed by atoms with Crippen LogP contribution in [0.2, 0.25) is 0 Å². The largest absolute Gasteiger partial charge is 0.0985 e. The van der Waals surface area contributed by atoms with E-state index < -0.39 is 0 Å². The van der Waals surface area contributed by atoms with Crippen LogP contribution in [0.1, 0.15) is 31.7 Å². The van der Waals surface area contributed by atoms with Crippen LogP contribution in [0.5, 0.6) is 0 Å². The van der Waals surface area contributed by atoms with Crippen LogP contribution >= 0.6 is 0 Å². The average Bonchev–Trinajstić information content (AvgIpc) is 2.25. The van der Waals surface area contributed by atoms with Gasteiger partial charge in [0.25, 0.3) is 0 Å². The Labute approximate surface area is 86.7 Å². The Morgan fingerprint density at radius 2 is 2.00 bits per heavy atom. The molecule has 0 saturated heterocycles. The maximum Gasteiger partial charge on any atom is 0.00921 e. The number of hydrogen-bond acceptors (Lipinski definition) is 0. The Bertz CT molecular complexity index is 322. The maximum absolute atomic E-state index is 3.12. The van der Waals surface area contributed by atoms with E-state index in [0.717, 1.165) is 6.42 Å². The van der Waals surface area contributed by atoms with E-state index in [2.05, 4.69) is 30.9 Å². The molecule has 0 heterocycles. The van der Waals surface area contributed by atoms with Gasteiger partial charge >= 0.3 is 0 Å². The number of hydrogen-bond donors (Lipinski definition) is 0. The molecular formula is C14H16. The van der Waals surface area contributed by atoms with E-state index >= 15 is 0 Å². The topological polar surface area (TPSA) is 0 Å². The molecule has 0 nitrogen and oxygen atoms in total. The van der Waals surface area contributed by atoms with Gasteiger partial charge < -0.3 is 0 Å². The van der Waals surface area contributed by atoms with Crippen molar-refractivity contribution in [1.82, 2.24) is 0 Å². The molecule has 1 aromatic rings. The highest BCUT2D eigenvalue weighted by Gasteiger charge is 1.79. The highest BCUT2D eigenvalue weighted by atomic mass is 13.8. The molecule has 0 fully saturated rings. The second kappa shape index (κ2) is 6.97. The second-order valence-corrected chi connectivity index (χ2v) is 3.17. The summed E-state index contributed by atoms with van der Waals surface area (Å²) in [6, 6.07) is 10.2. The molecule has 0 amide bonds. The van der Waals surface area contributed by atoms with Gasteiger partial charge in [0.2, 0.25) is 0 Å². The molecule has 1 rings (SSSR count). The quantitative estimate of drug-likeness (QED) is 0.494. The minimum absolute atomic E-state index is 1.01. The van der Waals surface area contributed by atoms with Crippen molar-refractivity contribution in [3.05, 3.63) is 42.0 Å². The molecular weight excluding hydrogens is 168 g/mol. The number of allylic oxidation sites excluding steroid dienone is 1. The summed E-state index contributed by atoms with van der Waals surface area (Å²) in [5.74, 6) is 6.16. The molecule has 0 aliphatic rings. The first-order valence-electron chi connectivity index (χ1n) is 5.13. The van der Waals surface area contributed by atoms with E-state index in [9.17, 15) is 0 Å². The smallest absolute Gasteiger partial charge is 0.00921 e. The van der Waals surface area contributed by atoms with Gasteiger partial charge in [0.05, 0.1) is 0 Å². The Kier molecular flexibility index (Phi) is 5.28. The molecule has 0 heteroatoms. The van der Waals surface area contributed by atoms with Crippen molar-refractivity contribution in [3.8, 4) is 11.8 Å². The molecule has 0 spiro atoms. The summed E-state index contributed by atoms with van der Waals surface area (Å²) in [6.45, 7) is 2.18. The maximum atomic E-state index is 3.12. The lowest BCUT2D eigenvalue weighted by Gasteiger charge is -1.87. The third-order valence-corrected chi connectivity index (χ3v) is 1.92. The molecule has 0 aliphatic carbocycles. The summed E-state index contributed by atoms with van der Waals surface area (Å²) in [6.07, 6.45) is 7.39. The molecule has 0 unspecified atom stereocenters. The third kappa shape index (κ3) is 4.52. The molecule has 0 aliphatic heterocycles. The monoisotopic (exact) mass is 184 g/mol. The molecule has 0 bridgehead atoms. The van der Waals surface area contributed by atoms with Crippen molar-refractivity contribution in [2.24, 2.45) is 0 Å². The van der Waals surface area contributed by atoms with Gasteiger partial charge in [0.1, 0.15) is 0 Å². The summed E-state index contributed by atoms with van der Waals surface area (Å²) in [5, 5.41) is 0. The van der Waals surface area contributed by atoms with Gasteiger partial charge in [-0.15, -0.1) is 0 Å². The molecule has 0 radical (unpaired) electrons. The van der Waals surface area contributed by atoms with Gasteiger partial charge in [-0.1, -0.05) is 55.5 Å². The number of unbranched alkanes of at least 4 members (excludes halogenated alkanes) is 2. The number of benzene rings is 1. The van der Waals surface area contributed by atoms with Crippen LogP contribution in [-0.2, 0) is 0 Å². The molecule has 72 valence electrons. The second-order valence-electron chi connectivity index (χ2n) is 3.17. The zero-order valence-electron chi connectivity index (χ0n) is 8.66. The van der Waals surface area contributed by atoms with Crippen LogP contribution in [0.25, 0.3) is 6.08 Å². The first kappa shape index (κ1) is 10.6. The normalized spacial score (nSPS) is 9.79. The summed E-state index contributed by atoms with van der Waals surface area (Å²) < 4.78 is 0. The zero-order chi connectivity index (χ0) is 10.1. The van der Waals surface area contributed by atoms with Crippen molar-refractivity contribution < 1.29 is 0 Å². The van der Waals surface area contributed by atoms with Crippen molar-refractivity contribution >= 4 is 6.08 Å². The number of rotatable bonds is 3. The van der Waals surface area contributed by atoms with E-state index in [1.165, 1.54) is 18.4 Å². The summed E-state index contributed by atoms with van der Waals surface area (Å²) in [7, 11) is 0. The van der Waals surface area contributed by atoms with Gasteiger partial charge in [0, 0.05) is 6.42 Å². The summed E-state index contributed by atoms with van der Waals surface area (Å²) in [5.41, 5.74) is 1.21. The predicted octanol–water partition coefficient (Wildman–Crippen LogP) is 3.89. The van der Waals surface area contributed by atoms with Crippen LogP contribution < -0.4 is 0 Å². The fraction of sp³-hybridized carbons (Fsp3) is 0.286. The Balaban J connectivity index is 2.36. The van der Waals surface area contributed by atoms with E-state index in [-0.39, 0.29) is 0 Å². The van der Waals surface area contributed by atoms with Crippen molar-refractivity contribution in [1.29, 1.82) is 0 Å². The van der Waals surface area contributed by atoms with Gasteiger partial charge in [-0.3, -0.25) is 0 Å². The molecule has 14 heavy (non-hydrogen) atoms. The van der Waals surface area contributed by atoms with Gasteiger partial charge in [-0.2, -0.15) is 0 Å².